The number of piperazine rings is 1. The molecule has 1 amide bonds. The van der Waals surface area contributed by atoms with Gasteiger partial charge in [0.05, 0.1) is 16.5 Å². The molecule has 0 aliphatic carbocycles. The van der Waals surface area contributed by atoms with Gasteiger partial charge >= 0.3 is 6.61 Å². The summed E-state index contributed by atoms with van der Waals surface area (Å²) >= 11 is 5.79. The Labute approximate surface area is 149 Å². The zero-order chi connectivity index (χ0) is 18.6. The normalized spacial score (nSPS) is 15.7. The molecule has 1 N–H and O–H groups in total. The van der Waals surface area contributed by atoms with E-state index in [-0.39, 0.29) is 28.1 Å². The lowest BCUT2D eigenvalue weighted by atomic mass is 10.3. The number of ether oxygens (including phenoxy) is 1. The molecular formula is C14H18ClF2N3O4S. The van der Waals surface area contributed by atoms with Crippen molar-refractivity contribution < 1.29 is 26.7 Å². The molecule has 0 saturated carbocycles. The monoisotopic (exact) mass is 397 g/mol. The highest BCUT2D eigenvalue weighted by Gasteiger charge is 2.26. The van der Waals surface area contributed by atoms with Crippen LogP contribution < -0.4 is 10.1 Å². The average Bonchev–Trinajstić information content (AvgIpc) is 2.56. The Morgan fingerprint density at radius 1 is 1.40 bits per heavy atom. The van der Waals surface area contributed by atoms with Crippen molar-refractivity contribution in [2.75, 3.05) is 39.8 Å². The number of alkyl halides is 2. The van der Waals surface area contributed by atoms with Crippen LogP contribution in [0.1, 0.15) is 0 Å². The standard InChI is InChI=1S/C14H18ClF2N3O4S/c1-19(9-13(21)20-6-4-18-5-7-20)25(22,23)10-2-3-12(11(15)8-10)24-14(16)17/h2-3,8,14,18H,4-7,9H2,1H3. The first kappa shape index (κ1) is 19.8. The van der Waals surface area contributed by atoms with Crippen molar-refractivity contribution >= 4 is 27.5 Å². The number of halogens is 3. The summed E-state index contributed by atoms with van der Waals surface area (Å²) in [6.45, 7) is -1.06. The molecule has 11 heteroatoms. The second-order valence-electron chi connectivity index (χ2n) is 5.36. The number of hydrogen-bond donors (Lipinski definition) is 1. The van der Waals surface area contributed by atoms with Gasteiger partial charge in [0.25, 0.3) is 0 Å². The molecule has 1 saturated heterocycles. The third kappa shape index (κ3) is 5.00. The van der Waals surface area contributed by atoms with Crippen LogP contribution in [-0.4, -0.2) is 69.9 Å². The first-order valence-electron chi connectivity index (χ1n) is 7.41. The molecule has 0 radical (unpaired) electrons. The summed E-state index contributed by atoms with van der Waals surface area (Å²) < 4.78 is 54.6. The lowest BCUT2D eigenvalue weighted by Crippen LogP contribution is -2.49. The van der Waals surface area contributed by atoms with Crippen molar-refractivity contribution in [3.05, 3.63) is 23.2 Å². The molecular weight excluding hydrogens is 380 g/mol. The molecule has 140 valence electrons. The van der Waals surface area contributed by atoms with Gasteiger partial charge in [-0.25, -0.2) is 8.42 Å². The van der Waals surface area contributed by atoms with Crippen molar-refractivity contribution in [3.63, 3.8) is 0 Å². The minimum atomic E-state index is -4.00. The van der Waals surface area contributed by atoms with Gasteiger partial charge in [-0.2, -0.15) is 13.1 Å². The molecule has 0 bridgehead atoms. The number of rotatable bonds is 6. The first-order chi connectivity index (χ1) is 11.7. The van der Waals surface area contributed by atoms with E-state index in [4.69, 9.17) is 11.6 Å². The van der Waals surface area contributed by atoms with Crippen LogP contribution in [-0.2, 0) is 14.8 Å². The van der Waals surface area contributed by atoms with Crippen LogP contribution in [0.4, 0.5) is 8.78 Å². The Kier molecular flexibility index (Phi) is 6.55. The van der Waals surface area contributed by atoms with E-state index in [9.17, 15) is 22.0 Å². The van der Waals surface area contributed by atoms with Crippen molar-refractivity contribution in [2.24, 2.45) is 0 Å². The zero-order valence-corrected chi connectivity index (χ0v) is 15.0. The fourth-order valence-corrected chi connectivity index (χ4v) is 3.74. The molecule has 7 nitrogen and oxygen atoms in total. The summed E-state index contributed by atoms with van der Waals surface area (Å²) in [6, 6.07) is 3.17. The number of amides is 1. The number of carbonyl (C=O) groups is 1. The highest BCUT2D eigenvalue weighted by Crippen LogP contribution is 2.29. The molecule has 0 spiro atoms. The lowest BCUT2D eigenvalue weighted by Gasteiger charge is -2.29. The first-order valence-corrected chi connectivity index (χ1v) is 9.23. The molecule has 2 rings (SSSR count). The molecule has 1 fully saturated rings. The molecule has 25 heavy (non-hydrogen) atoms. The number of nitrogens with one attached hydrogen (secondary N) is 1. The molecule has 1 aliphatic rings. The van der Waals surface area contributed by atoms with E-state index in [1.807, 2.05) is 0 Å². The van der Waals surface area contributed by atoms with Gasteiger partial charge in [0, 0.05) is 33.2 Å². The van der Waals surface area contributed by atoms with Gasteiger partial charge in [-0.3, -0.25) is 4.79 Å². The van der Waals surface area contributed by atoms with E-state index in [1.165, 1.54) is 7.05 Å². The molecule has 0 unspecified atom stereocenters. The summed E-state index contributed by atoms with van der Waals surface area (Å²) in [5.41, 5.74) is 0. The summed E-state index contributed by atoms with van der Waals surface area (Å²) in [4.78, 5) is 13.6. The van der Waals surface area contributed by atoms with Crippen molar-refractivity contribution in [1.82, 2.24) is 14.5 Å². The number of benzene rings is 1. The topological polar surface area (TPSA) is 79.0 Å². The molecule has 1 heterocycles. The maximum Gasteiger partial charge on any atom is 0.387 e. The van der Waals surface area contributed by atoms with Crippen molar-refractivity contribution in [2.45, 2.75) is 11.5 Å². The quantitative estimate of drug-likeness (QED) is 0.774. The maximum absolute atomic E-state index is 12.5. The second kappa shape index (κ2) is 8.26. The maximum atomic E-state index is 12.5. The second-order valence-corrected chi connectivity index (χ2v) is 7.81. The van der Waals surface area contributed by atoms with Gasteiger partial charge in [-0.1, -0.05) is 11.6 Å². The fourth-order valence-electron chi connectivity index (χ4n) is 2.30. The minimum Gasteiger partial charge on any atom is -0.433 e. The van der Waals surface area contributed by atoms with E-state index in [1.54, 1.807) is 4.90 Å². The highest BCUT2D eigenvalue weighted by atomic mass is 35.5. The van der Waals surface area contributed by atoms with Crippen LogP contribution in [0.25, 0.3) is 0 Å². The van der Waals surface area contributed by atoms with Gasteiger partial charge in [-0.15, -0.1) is 0 Å². The minimum absolute atomic E-state index is 0.213. The van der Waals surface area contributed by atoms with Crippen LogP contribution >= 0.6 is 11.6 Å². The Morgan fingerprint density at radius 3 is 2.60 bits per heavy atom. The van der Waals surface area contributed by atoms with Crippen LogP contribution in [0.5, 0.6) is 5.75 Å². The Morgan fingerprint density at radius 2 is 2.04 bits per heavy atom. The molecule has 1 aromatic carbocycles. The SMILES string of the molecule is CN(CC(=O)N1CCNCC1)S(=O)(=O)c1ccc(OC(F)F)c(Cl)c1. The van der Waals surface area contributed by atoms with Gasteiger partial charge in [0.15, 0.2) is 0 Å². The molecule has 0 aromatic heterocycles. The van der Waals surface area contributed by atoms with Crippen LogP contribution in [0.2, 0.25) is 5.02 Å². The van der Waals surface area contributed by atoms with E-state index >= 15 is 0 Å². The zero-order valence-electron chi connectivity index (χ0n) is 13.4. The van der Waals surface area contributed by atoms with Gasteiger partial charge in [0.1, 0.15) is 5.75 Å². The smallest absolute Gasteiger partial charge is 0.387 e. The fraction of sp³-hybridized carbons (Fsp3) is 0.500. The number of carbonyl (C=O) groups excluding carboxylic acids is 1. The summed E-state index contributed by atoms with van der Waals surface area (Å²) in [5.74, 6) is -0.633. The number of nitrogens with zero attached hydrogens (tertiary/aromatic N) is 2. The van der Waals surface area contributed by atoms with Crippen molar-refractivity contribution in [1.29, 1.82) is 0 Å². The predicted molar refractivity (Wildman–Crippen MR) is 87.3 cm³/mol. The van der Waals surface area contributed by atoms with E-state index in [2.05, 4.69) is 10.1 Å². The third-order valence-electron chi connectivity index (χ3n) is 3.66. The van der Waals surface area contributed by atoms with Gasteiger partial charge in [0.2, 0.25) is 15.9 Å². The van der Waals surface area contributed by atoms with Gasteiger partial charge in [-0.05, 0) is 18.2 Å². The number of likely N-dealkylation sites (N-methyl/N-ethyl adjacent to an activating group) is 1. The number of hydrogen-bond acceptors (Lipinski definition) is 5. The largest absolute Gasteiger partial charge is 0.433 e. The molecule has 1 aromatic rings. The van der Waals surface area contributed by atoms with Gasteiger partial charge < -0.3 is 15.0 Å². The van der Waals surface area contributed by atoms with Crippen LogP contribution in [0.15, 0.2) is 23.1 Å². The van der Waals surface area contributed by atoms with Crippen LogP contribution in [0, 0.1) is 0 Å². The predicted octanol–water partition coefficient (Wildman–Crippen LogP) is 0.994. The Bertz CT molecular complexity index is 727. The summed E-state index contributed by atoms with van der Waals surface area (Å²) in [5, 5.41) is 2.84. The summed E-state index contributed by atoms with van der Waals surface area (Å²) in [6.07, 6.45) is 0. The van der Waals surface area contributed by atoms with E-state index in [0.717, 1.165) is 22.5 Å². The Balaban J connectivity index is 2.11. The third-order valence-corrected chi connectivity index (χ3v) is 5.75. The van der Waals surface area contributed by atoms with Crippen molar-refractivity contribution in [3.8, 4) is 5.75 Å². The average molecular weight is 398 g/mol. The van der Waals surface area contributed by atoms with Crippen LogP contribution in [0.3, 0.4) is 0 Å². The molecule has 0 atom stereocenters. The molecule has 1 aliphatic heterocycles. The summed E-state index contributed by atoms with van der Waals surface area (Å²) in [7, 11) is -2.73. The lowest BCUT2D eigenvalue weighted by molar-refractivity contribution is -0.131. The van der Waals surface area contributed by atoms with E-state index in [0.29, 0.717) is 26.2 Å². The highest BCUT2D eigenvalue weighted by molar-refractivity contribution is 7.89. The van der Waals surface area contributed by atoms with E-state index < -0.39 is 16.6 Å². The Hall–Kier alpha value is -1.49. The number of sulfonamides is 1.